The van der Waals surface area contributed by atoms with Crippen molar-refractivity contribution in [1.82, 2.24) is 14.5 Å². The number of carbonyl (C=O) groups excluding carboxylic acids is 1. The molecule has 1 unspecified atom stereocenters. The lowest BCUT2D eigenvalue weighted by Crippen LogP contribution is -2.36. The zero-order chi connectivity index (χ0) is 17.8. The topological polar surface area (TPSA) is 50.2 Å². The molecule has 0 saturated carbocycles. The average molecular weight is 355 g/mol. The first kappa shape index (κ1) is 17.0. The summed E-state index contributed by atoms with van der Waals surface area (Å²) in [7, 11) is 3.67. The SMILES string of the molecule is CN(C(=O)Nc1ccccc1)C(c1ccc(Cl)cc1)c1nccn1C. The Morgan fingerprint density at radius 1 is 1.16 bits per heavy atom. The number of imidazole rings is 1. The van der Waals surface area contributed by atoms with E-state index in [0.717, 1.165) is 17.1 Å². The van der Waals surface area contributed by atoms with Crippen molar-refractivity contribution in [2.75, 3.05) is 12.4 Å². The summed E-state index contributed by atoms with van der Waals surface area (Å²) in [5.74, 6) is 0.771. The standard InChI is InChI=1S/C19H19ClN4O/c1-23-13-12-21-18(23)17(14-8-10-15(20)11-9-14)24(2)19(25)22-16-6-4-3-5-7-16/h3-13,17H,1-2H3,(H,22,25). The lowest BCUT2D eigenvalue weighted by molar-refractivity contribution is 0.209. The van der Waals surface area contributed by atoms with Crippen molar-refractivity contribution in [2.45, 2.75) is 6.04 Å². The highest BCUT2D eigenvalue weighted by molar-refractivity contribution is 6.30. The number of urea groups is 1. The zero-order valence-electron chi connectivity index (χ0n) is 14.1. The maximum absolute atomic E-state index is 12.8. The third-order valence-electron chi connectivity index (χ3n) is 4.02. The minimum atomic E-state index is -0.332. The average Bonchev–Trinajstić information content (AvgIpc) is 3.03. The molecule has 128 valence electrons. The Balaban J connectivity index is 1.92. The lowest BCUT2D eigenvalue weighted by atomic mass is 10.1. The van der Waals surface area contributed by atoms with Gasteiger partial charge in [0, 0.05) is 37.2 Å². The molecule has 2 amide bonds. The van der Waals surface area contributed by atoms with E-state index >= 15 is 0 Å². The molecule has 0 aliphatic heterocycles. The van der Waals surface area contributed by atoms with Crippen molar-refractivity contribution in [3.05, 3.63) is 83.4 Å². The van der Waals surface area contributed by atoms with Gasteiger partial charge in [-0.1, -0.05) is 41.9 Å². The van der Waals surface area contributed by atoms with Crippen LogP contribution in [0.25, 0.3) is 0 Å². The molecule has 1 N–H and O–H groups in total. The van der Waals surface area contributed by atoms with Crippen molar-refractivity contribution < 1.29 is 4.79 Å². The van der Waals surface area contributed by atoms with Gasteiger partial charge in [0.05, 0.1) is 0 Å². The number of nitrogens with one attached hydrogen (secondary N) is 1. The van der Waals surface area contributed by atoms with Crippen molar-refractivity contribution in [3.8, 4) is 0 Å². The number of hydrogen-bond acceptors (Lipinski definition) is 2. The number of halogens is 1. The van der Waals surface area contributed by atoms with Gasteiger partial charge in [-0.2, -0.15) is 0 Å². The van der Waals surface area contributed by atoms with Gasteiger partial charge in [0.25, 0.3) is 0 Å². The largest absolute Gasteiger partial charge is 0.336 e. The summed E-state index contributed by atoms with van der Waals surface area (Å²) in [6, 6.07) is 16.3. The first-order chi connectivity index (χ1) is 12.1. The Bertz CT molecular complexity index is 845. The molecule has 0 saturated heterocycles. The van der Waals surface area contributed by atoms with Crippen molar-refractivity contribution >= 4 is 23.3 Å². The van der Waals surface area contributed by atoms with Crippen molar-refractivity contribution in [3.63, 3.8) is 0 Å². The van der Waals surface area contributed by atoms with E-state index in [2.05, 4.69) is 10.3 Å². The maximum atomic E-state index is 12.8. The molecule has 3 rings (SSSR count). The summed E-state index contributed by atoms with van der Waals surface area (Å²) in [6.07, 6.45) is 3.59. The number of nitrogens with zero attached hydrogens (tertiary/aromatic N) is 3. The Morgan fingerprint density at radius 2 is 1.84 bits per heavy atom. The van der Waals surface area contributed by atoms with Crippen molar-refractivity contribution in [1.29, 1.82) is 0 Å². The van der Waals surface area contributed by atoms with E-state index < -0.39 is 0 Å². The molecule has 1 aromatic heterocycles. The van der Waals surface area contributed by atoms with Gasteiger partial charge in [0.2, 0.25) is 0 Å². The van der Waals surface area contributed by atoms with Gasteiger partial charge >= 0.3 is 6.03 Å². The van der Waals surface area contributed by atoms with Gasteiger partial charge in [0.1, 0.15) is 11.9 Å². The predicted octanol–water partition coefficient (Wildman–Crippen LogP) is 4.33. The molecule has 25 heavy (non-hydrogen) atoms. The van der Waals surface area contributed by atoms with Crippen LogP contribution in [-0.2, 0) is 7.05 Å². The molecule has 2 aromatic carbocycles. The normalized spacial score (nSPS) is 11.8. The lowest BCUT2D eigenvalue weighted by Gasteiger charge is -2.28. The van der Waals surface area contributed by atoms with Crippen LogP contribution in [0.3, 0.4) is 0 Å². The molecule has 0 bridgehead atoms. The van der Waals surface area contributed by atoms with Gasteiger partial charge < -0.3 is 14.8 Å². The summed E-state index contributed by atoms with van der Waals surface area (Å²) in [5, 5.41) is 3.56. The van der Waals surface area contributed by atoms with Gasteiger partial charge in [0.15, 0.2) is 0 Å². The molecule has 0 fully saturated rings. The highest BCUT2D eigenvalue weighted by Crippen LogP contribution is 2.28. The van der Waals surface area contributed by atoms with Crippen LogP contribution in [0.2, 0.25) is 5.02 Å². The van der Waals surface area contributed by atoms with Gasteiger partial charge in [-0.05, 0) is 29.8 Å². The molecule has 5 nitrogen and oxygen atoms in total. The van der Waals surface area contributed by atoms with Gasteiger partial charge in [-0.3, -0.25) is 0 Å². The van der Waals surface area contributed by atoms with E-state index in [4.69, 9.17) is 11.6 Å². The monoisotopic (exact) mass is 354 g/mol. The van der Waals surface area contributed by atoms with Crippen LogP contribution < -0.4 is 5.32 Å². The third kappa shape index (κ3) is 3.83. The molecule has 0 spiro atoms. The molecule has 1 heterocycles. The molecule has 3 aromatic rings. The van der Waals surface area contributed by atoms with Crippen LogP contribution in [-0.4, -0.2) is 27.5 Å². The molecule has 6 heteroatoms. The number of rotatable bonds is 4. The fraction of sp³-hybridized carbons (Fsp3) is 0.158. The number of aryl methyl sites for hydroxylation is 1. The maximum Gasteiger partial charge on any atom is 0.322 e. The minimum Gasteiger partial charge on any atom is -0.336 e. The van der Waals surface area contributed by atoms with Crippen molar-refractivity contribution in [2.24, 2.45) is 7.05 Å². The van der Waals surface area contributed by atoms with E-state index in [-0.39, 0.29) is 12.1 Å². The highest BCUT2D eigenvalue weighted by atomic mass is 35.5. The van der Waals surface area contributed by atoms with Gasteiger partial charge in [-0.25, -0.2) is 9.78 Å². The summed E-state index contributed by atoms with van der Waals surface area (Å²) >= 11 is 6.01. The number of benzene rings is 2. The fourth-order valence-corrected chi connectivity index (χ4v) is 2.81. The van der Waals surface area contributed by atoms with Crippen LogP contribution in [0.5, 0.6) is 0 Å². The second-order valence-electron chi connectivity index (χ2n) is 5.76. The number of hydrogen-bond donors (Lipinski definition) is 1. The Hall–Kier alpha value is -2.79. The smallest absolute Gasteiger partial charge is 0.322 e. The number of para-hydroxylation sites is 1. The molecular formula is C19H19ClN4O. The summed E-state index contributed by atoms with van der Waals surface area (Å²) in [6.45, 7) is 0. The Morgan fingerprint density at radius 3 is 2.44 bits per heavy atom. The first-order valence-corrected chi connectivity index (χ1v) is 8.25. The van der Waals surface area contributed by atoms with Crippen LogP contribution >= 0.6 is 11.6 Å². The number of carbonyl (C=O) groups is 1. The van der Waals surface area contributed by atoms with Gasteiger partial charge in [-0.15, -0.1) is 0 Å². The third-order valence-corrected chi connectivity index (χ3v) is 4.27. The number of anilines is 1. The van der Waals surface area contributed by atoms with Crippen LogP contribution in [0.15, 0.2) is 67.0 Å². The van der Waals surface area contributed by atoms with Crippen LogP contribution in [0.1, 0.15) is 17.4 Å². The quantitative estimate of drug-likeness (QED) is 0.758. The summed E-state index contributed by atoms with van der Waals surface area (Å²) < 4.78 is 1.91. The summed E-state index contributed by atoms with van der Waals surface area (Å²) in [5.41, 5.74) is 1.68. The Labute approximate surface area is 151 Å². The first-order valence-electron chi connectivity index (χ1n) is 7.88. The van der Waals surface area contributed by atoms with E-state index in [0.29, 0.717) is 5.02 Å². The molecule has 0 aliphatic carbocycles. The molecule has 0 aliphatic rings. The summed E-state index contributed by atoms with van der Waals surface area (Å²) in [4.78, 5) is 18.8. The predicted molar refractivity (Wildman–Crippen MR) is 99.7 cm³/mol. The number of amides is 2. The minimum absolute atomic E-state index is 0.214. The zero-order valence-corrected chi connectivity index (χ0v) is 14.8. The van der Waals surface area contributed by atoms with Crippen LogP contribution in [0.4, 0.5) is 10.5 Å². The second kappa shape index (κ2) is 7.40. The van der Waals surface area contributed by atoms with E-state index in [1.165, 1.54) is 0 Å². The van der Waals surface area contributed by atoms with Crippen LogP contribution in [0, 0.1) is 0 Å². The molecule has 0 radical (unpaired) electrons. The highest BCUT2D eigenvalue weighted by Gasteiger charge is 2.26. The second-order valence-corrected chi connectivity index (χ2v) is 6.19. The molecular weight excluding hydrogens is 336 g/mol. The van der Waals surface area contributed by atoms with E-state index in [1.807, 2.05) is 72.4 Å². The fourth-order valence-electron chi connectivity index (χ4n) is 2.68. The van der Waals surface area contributed by atoms with E-state index in [1.54, 1.807) is 18.1 Å². The van der Waals surface area contributed by atoms with E-state index in [9.17, 15) is 4.79 Å². The Kier molecular flexibility index (Phi) is 5.05. The number of aromatic nitrogens is 2. The molecule has 1 atom stereocenters.